The Labute approximate surface area is 107 Å². The lowest BCUT2D eigenvalue weighted by atomic mass is 10.2. The molecule has 1 aromatic heterocycles. The summed E-state index contributed by atoms with van der Waals surface area (Å²) in [5, 5.41) is 4.98. The van der Waals surface area contributed by atoms with Gasteiger partial charge >= 0.3 is 0 Å². The van der Waals surface area contributed by atoms with Crippen LogP contribution in [-0.2, 0) is 16.0 Å². The second-order valence-electron chi connectivity index (χ2n) is 3.83. The van der Waals surface area contributed by atoms with Crippen molar-refractivity contribution in [3.8, 4) is 0 Å². The van der Waals surface area contributed by atoms with Crippen LogP contribution in [-0.4, -0.2) is 25.7 Å². The fourth-order valence-electron chi connectivity index (χ4n) is 1.51. The molecule has 0 fully saturated rings. The van der Waals surface area contributed by atoms with Crippen molar-refractivity contribution in [2.75, 3.05) is 19.8 Å². The Morgan fingerprint density at radius 3 is 3.06 bits per heavy atom. The Morgan fingerprint density at radius 1 is 1.47 bits per heavy atom. The van der Waals surface area contributed by atoms with Gasteiger partial charge < -0.3 is 10.1 Å². The quantitative estimate of drug-likeness (QED) is 0.689. The van der Waals surface area contributed by atoms with Crippen molar-refractivity contribution in [3.63, 3.8) is 0 Å². The second kappa shape index (κ2) is 9.19. The molecule has 1 aromatic rings. The third kappa shape index (κ3) is 7.13. The molecule has 0 bridgehead atoms. The summed E-state index contributed by atoms with van der Waals surface area (Å²) in [6.45, 7) is 4.17. The van der Waals surface area contributed by atoms with Crippen LogP contribution in [0, 0.1) is 0 Å². The Hall–Kier alpha value is -0.870. The van der Waals surface area contributed by atoms with E-state index in [-0.39, 0.29) is 5.91 Å². The van der Waals surface area contributed by atoms with E-state index in [1.807, 2.05) is 13.0 Å². The number of nitrogens with one attached hydrogen (secondary N) is 1. The van der Waals surface area contributed by atoms with Gasteiger partial charge in [-0.1, -0.05) is 6.07 Å². The van der Waals surface area contributed by atoms with Crippen molar-refractivity contribution in [2.45, 2.75) is 32.6 Å². The second-order valence-corrected chi connectivity index (χ2v) is 4.87. The first kappa shape index (κ1) is 14.2. The maximum absolute atomic E-state index is 11.5. The van der Waals surface area contributed by atoms with Gasteiger partial charge in [-0.25, -0.2) is 0 Å². The molecule has 1 heterocycles. The van der Waals surface area contributed by atoms with Crippen LogP contribution >= 0.6 is 11.3 Å². The minimum atomic E-state index is 0.151. The monoisotopic (exact) mass is 255 g/mol. The first-order chi connectivity index (χ1) is 8.33. The predicted molar refractivity (Wildman–Crippen MR) is 71.4 cm³/mol. The summed E-state index contributed by atoms with van der Waals surface area (Å²) in [5.74, 6) is 0.151. The molecule has 0 spiro atoms. The molecule has 1 rings (SSSR count). The molecule has 3 nitrogen and oxygen atoms in total. The largest absolute Gasteiger partial charge is 0.382 e. The van der Waals surface area contributed by atoms with E-state index in [1.54, 1.807) is 11.3 Å². The van der Waals surface area contributed by atoms with Gasteiger partial charge in [-0.3, -0.25) is 4.79 Å². The zero-order valence-electron chi connectivity index (χ0n) is 10.4. The number of hydrogen-bond donors (Lipinski definition) is 1. The number of carbonyl (C=O) groups excluding carboxylic acids is 1. The lowest BCUT2D eigenvalue weighted by molar-refractivity contribution is -0.121. The number of rotatable bonds is 9. The van der Waals surface area contributed by atoms with E-state index in [1.165, 1.54) is 4.88 Å². The molecular formula is C13H21NO2S. The fraction of sp³-hybridized carbons (Fsp3) is 0.615. The Balaban J connectivity index is 1.94. The van der Waals surface area contributed by atoms with E-state index >= 15 is 0 Å². The average Bonchev–Trinajstić information content (AvgIpc) is 2.82. The highest BCUT2D eigenvalue weighted by atomic mass is 32.1. The lowest BCUT2D eigenvalue weighted by Crippen LogP contribution is -2.25. The maximum atomic E-state index is 11.5. The van der Waals surface area contributed by atoms with E-state index < -0.39 is 0 Å². The van der Waals surface area contributed by atoms with E-state index in [4.69, 9.17) is 4.74 Å². The molecule has 0 aromatic carbocycles. The van der Waals surface area contributed by atoms with Gasteiger partial charge in [0.25, 0.3) is 0 Å². The Bertz CT molecular complexity index is 298. The summed E-state index contributed by atoms with van der Waals surface area (Å²) < 4.78 is 5.20. The van der Waals surface area contributed by atoms with Crippen molar-refractivity contribution in [2.24, 2.45) is 0 Å². The van der Waals surface area contributed by atoms with Gasteiger partial charge in [0.05, 0.1) is 0 Å². The summed E-state index contributed by atoms with van der Waals surface area (Å²) in [6, 6.07) is 4.17. The number of amides is 1. The molecule has 1 N–H and O–H groups in total. The van der Waals surface area contributed by atoms with Crippen LogP contribution < -0.4 is 5.32 Å². The van der Waals surface area contributed by atoms with Crippen LogP contribution in [0.25, 0.3) is 0 Å². The van der Waals surface area contributed by atoms with E-state index in [2.05, 4.69) is 16.8 Å². The van der Waals surface area contributed by atoms with Gasteiger partial charge in [0.1, 0.15) is 0 Å². The molecule has 0 aliphatic rings. The van der Waals surface area contributed by atoms with Gasteiger partial charge in [-0.05, 0) is 37.6 Å². The highest BCUT2D eigenvalue weighted by molar-refractivity contribution is 7.09. The zero-order chi connectivity index (χ0) is 12.3. The van der Waals surface area contributed by atoms with Crippen LogP contribution in [0.1, 0.15) is 31.1 Å². The average molecular weight is 255 g/mol. The molecule has 0 saturated heterocycles. The van der Waals surface area contributed by atoms with Crippen LogP contribution in [0.4, 0.5) is 0 Å². The standard InChI is InChI=1S/C13H21NO2S/c1-2-16-10-5-9-14-13(15)8-3-6-12-7-4-11-17-12/h4,7,11H,2-3,5-6,8-10H2,1H3,(H,14,15). The van der Waals surface area contributed by atoms with Crippen LogP contribution in [0.15, 0.2) is 17.5 Å². The van der Waals surface area contributed by atoms with E-state index in [9.17, 15) is 4.79 Å². The highest BCUT2D eigenvalue weighted by Crippen LogP contribution is 2.11. The van der Waals surface area contributed by atoms with E-state index in [0.717, 1.165) is 39.0 Å². The topological polar surface area (TPSA) is 38.3 Å². The molecule has 96 valence electrons. The van der Waals surface area contributed by atoms with Gasteiger partial charge in [-0.15, -0.1) is 11.3 Å². The molecule has 4 heteroatoms. The molecule has 0 atom stereocenters. The molecule has 0 radical (unpaired) electrons. The number of aryl methyl sites for hydroxylation is 1. The first-order valence-electron chi connectivity index (χ1n) is 6.19. The van der Waals surface area contributed by atoms with Crippen molar-refractivity contribution in [3.05, 3.63) is 22.4 Å². The summed E-state index contributed by atoms with van der Waals surface area (Å²) in [5.41, 5.74) is 0. The molecular weight excluding hydrogens is 234 g/mol. The Morgan fingerprint density at radius 2 is 2.35 bits per heavy atom. The van der Waals surface area contributed by atoms with Crippen molar-refractivity contribution < 1.29 is 9.53 Å². The fourth-order valence-corrected chi connectivity index (χ4v) is 2.26. The molecule has 17 heavy (non-hydrogen) atoms. The number of carbonyl (C=O) groups is 1. The van der Waals surface area contributed by atoms with Gasteiger partial charge in [0.2, 0.25) is 5.91 Å². The number of hydrogen-bond acceptors (Lipinski definition) is 3. The van der Waals surface area contributed by atoms with Gasteiger partial charge in [0, 0.05) is 31.1 Å². The minimum Gasteiger partial charge on any atom is -0.382 e. The van der Waals surface area contributed by atoms with Crippen molar-refractivity contribution in [1.29, 1.82) is 0 Å². The molecule has 0 unspecified atom stereocenters. The molecule has 0 aliphatic heterocycles. The van der Waals surface area contributed by atoms with Crippen LogP contribution in [0.2, 0.25) is 0 Å². The molecule has 1 amide bonds. The molecule has 0 saturated carbocycles. The third-order valence-corrected chi connectivity index (χ3v) is 3.34. The van der Waals surface area contributed by atoms with Gasteiger partial charge in [-0.2, -0.15) is 0 Å². The van der Waals surface area contributed by atoms with Crippen LogP contribution in [0.3, 0.4) is 0 Å². The summed E-state index contributed by atoms with van der Waals surface area (Å²) in [6.07, 6.45) is 3.44. The highest BCUT2D eigenvalue weighted by Gasteiger charge is 2.01. The number of ether oxygens (including phenoxy) is 1. The molecule has 0 aliphatic carbocycles. The smallest absolute Gasteiger partial charge is 0.220 e. The predicted octanol–water partition coefficient (Wildman–Crippen LogP) is 2.61. The van der Waals surface area contributed by atoms with E-state index in [0.29, 0.717) is 6.42 Å². The van der Waals surface area contributed by atoms with Crippen molar-refractivity contribution in [1.82, 2.24) is 5.32 Å². The summed E-state index contributed by atoms with van der Waals surface area (Å²) >= 11 is 1.75. The lowest BCUT2D eigenvalue weighted by Gasteiger charge is -2.04. The summed E-state index contributed by atoms with van der Waals surface area (Å²) in [7, 11) is 0. The minimum absolute atomic E-state index is 0.151. The SMILES string of the molecule is CCOCCCNC(=O)CCCc1cccs1. The zero-order valence-corrected chi connectivity index (χ0v) is 11.2. The number of thiophene rings is 1. The Kier molecular flexibility index (Phi) is 7.67. The van der Waals surface area contributed by atoms with Crippen molar-refractivity contribution >= 4 is 17.2 Å². The maximum Gasteiger partial charge on any atom is 0.220 e. The van der Waals surface area contributed by atoms with Gasteiger partial charge in [0.15, 0.2) is 0 Å². The van der Waals surface area contributed by atoms with Crippen LogP contribution in [0.5, 0.6) is 0 Å². The summed E-state index contributed by atoms with van der Waals surface area (Å²) in [4.78, 5) is 12.8. The first-order valence-corrected chi connectivity index (χ1v) is 7.07. The third-order valence-electron chi connectivity index (χ3n) is 2.40. The normalized spacial score (nSPS) is 10.4.